The van der Waals surface area contributed by atoms with Gasteiger partial charge in [0.25, 0.3) is 5.69 Å². The number of nitrogens with zero attached hydrogens (tertiary/aromatic N) is 2. The fraction of sp³-hybridized carbons (Fsp3) is 0.571. The van der Waals surface area contributed by atoms with Gasteiger partial charge in [-0.15, -0.1) is 0 Å². The third-order valence-electron chi connectivity index (χ3n) is 3.61. The van der Waals surface area contributed by atoms with Crippen LogP contribution in [0.25, 0.3) is 0 Å². The van der Waals surface area contributed by atoms with Crippen molar-refractivity contribution in [1.29, 1.82) is 0 Å². The summed E-state index contributed by atoms with van der Waals surface area (Å²) in [6.45, 7) is 5.29. The highest BCUT2D eigenvalue weighted by Crippen LogP contribution is 2.27. The zero-order valence-electron chi connectivity index (χ0n) is 12.0. The van der Waals surface area contributed by atoms with Crippen LogP contribution in [-0.2, 0) is 6.54 Å². The van der Waals surface area contributed by atoms with Gasteiger partial charge in [-0.05, 0) is 18.1 Å². The number of hydrogen-bond donors (Lipinski definition) is 1. The van der Waals surface area contributed by atoms with Gasteiger partial charge in [0.1, 0.15) is 5.69 Å². The quantitative estimate of drug-likeness (QED) is 0.668. The zero-order chi connectivity index (χ0) is 14.5. The summed E-state index contributed by atoms with van der Waals surface area (Å²) in [5.74, 6) is 1.17. The number of nitro benzene ring substituents is 1. The van der Waals surface area contributed by atoms with E-state index in [4.69, 9.17) is 0 Å². The summed E-state index contributed by atoms with van der Waals surface area (Å²) in [6, 6.07) is 5.35. The minimum atomic E-state index is -0.347. The number of benzene rings is 1. The van der Waals surface area contributed by atoms with Crippen LogP contribution in [0.2, 0.25) is 0 Å². The van der Waals surface area contributed by atoms with E-state index in [1.807, 2.05) is 23.9 Å². The topological polar surface area (TPSA) is 58.4 Å². The summed E-state index contributed by atoms with van der Waals surface area (Å²) in [5.41, 5.74) is 1.85. The van der Waals surface area contributed by atoms with Gasteiger partial charge in [-0.1, -0.05) is 13.0 Å². The van der Waals surface area contributed by atoms with Gasteiger partial charge in [0.2, 0.25) is 0 Å². The maximum Gasteiger partial charge on any atom is 0.292 e. The lowest BCUT2D eigenvalue weighted by Crippen LogP contribution is -2.37. The van der Waals surface area contributed by atoms with Gasteiger partial charge in [-0.2, -0.15) is 11.8 Å². The molecule has 1 aromatic carbocycles. The van der Waals surface area contributed by atoms with E-state index in [1.54, 1.807) is 13.1 Å². The Morgan fingerprint density at radius 3 is 3.00 bits per heavy atom. The molecule has 0 amide bonds. The van der Waals surface area contributed by atoms with Crippen LogP contribution in [0.3, 0.4) is 0 Å². The van der Waals surface area contributed by atoms with E-state index in [9.17, 15) is 10.1 Å². The summed E-state index contributed by atoms with van der Waals surface area (Å²) in [4.78, 5) is 13.0. The van der Waals surface area contributed by atoms with Crippen molar-refractivity contribution in [2.75, 3.05) is 31.2 Å². The van der Waals surface area contributed by atoms with Crippen LogP contribution in [0.4, 0.5) is 11.4 Å². The predicted octanol–water partition coefficient (Wildman–Crippen LogP) is 2.96. The SMILES string of the molecule is CCC1CN(Cc2ccc([N+](=O)[O-])c(NC)c2)CCS1. The second kappa shape index (κ2) is 6.95. The van der Waals surface area contributed by atoms with Crippen molar-refractivity contribution in [2.45, 2.75) is 25.1 Å². The Morgan fingerprint density at radius 2 is 2.35 bits per heavy atom. The molecule has 0 aromatic heterocycles. The van der Waals surface area contributed by atoms with E-state index in [2.05, 4.69) is 17.1 Å². The van der Waals surface area contributed by atoms with E-state index in [0.29, 0.717) is 10.9 Å². The number of anilines is 1. The van der Waals surface area contributed by atoms with E-state index < -0.39 is 0 Å². The molecule has 1 N–H and O–H groups in total. The van der Waals surface area contributed by atoms with Crippen molar-refractivity contribution in [2.24, 2.45) is 0 Å². The molecule has 0 radical (unpaired) electrons. The van der Waals surface area contributed by atoms with Crippen LogP contribution in [0, 0.1) is 10.1 Å². The predicted molar refractivity (Wildman–Crippen MR) is 84.5 cm³/mol. The minimum absolute atomic E-state index is 0.136. The number of nitro groups is 1. The molecule has 5 nitrogen and oxygen atoms in total. The Hall–Kier alpha value is -1.27. The molecule has 1 aliphatic heterocycles. The van der Waals surface area contributed by atoms with Gasteiger partial charge in [0.05, 0.1) is 4.92 Å². The Labute approximate surface area is 123 Å². The zero-order valence-corrected chi connectivity index (χ0v) is 12.8. The molecular weight excluding hydrogens is 274 g/mol. The third kappa shape index (κ3) is 3.64. The number of nitrogens with one attached hydrogen (secondary N) is 1. The second-order valence-corrected chi connectivity index (χ2v) is 6.40. The molecule has 0 bridgehead atoms. The average Bonchev–Trinajstić information content (AvgIpc) is 2.47. The van der Waals surface area contributed by atoms with E-state index >= 15 is 0 Å². The lowest BCUT2D eigenvalue weighted by atomic mass is 10.1. The lowest BCUT2D eigenvalue weighted by Gasteiger charge is -2.31. The molecule has 1 aromatic rings. The molecule has 0 saturated carbocycles. The van der Waals surface area contributed by atoms with Crippen molar-refractivity contribution in [3.63, 3.8) is 0 Å². The molecule has 1 unspecified atom stereocenters. The van der Waals surface area contributed by atoms with Gasteiger partial charge < -0.3 is 5.32 Å². The highest BCUT2D eigenvalue weighted by molar-refractivity contribution is 8.00. The normalized spacial score (nSPS) is 19.8. The number of rotatable bonds is 5. The molecule has 0 aliphatic carbocycles. The number of thioether (sulfide) groups is 1. The smallest absolute Gasteiger partial charge is 0.292 e. The van der Waals surface area contributed by atoms with Crippen LogP contribution in [0.1, 0.15) is 18.9 Å². The molecule has 1 fully saturated rings. The van der Waals surface area contributed by atoms with Crippen molar-refractivity contribution in [3.05, 3.63) is 33.9 Å². The van der Waals surface area contributed by atoms with Crippen LogP contribution < -0.4 is 5.32 Å². The van der Waals surface area contributed by atoms with Gasteiger partial charge >= 0.3 is 0 Å². The van der Waals surface area contributed by atoms with Gasteiger partial charge in [0.15, 0.2) is 0 Å². The Kier molecular flexibility index (Phi) is 5.25. The molecule has 110 valence electrons. The van der Waals surface area contributed by atoms with Crippen LogP contribution >= 0.6 is 11.8 Å². The van der Waals surface area contributed by atoms with Crippen LogP contribution in [0.15, 0.2) is 18.2 Å². The summed E-state index contributed by atoms with van der Waals surface area (Å²) in [7, 11) is 1.72. The maximum absolute atomic E-state index is 10.9. The monoisotopic (exact) mass is 295 g/mol. The third-order valence-corrected chi connectivity index (χ3v) is 4.98. The fourth-order valence-corrected chi connectivity index (χ4v) is 3.72. The van der Waals surface area contributed by atoms with Gasteiger partial charge in [-0.3, -0.25) is 15.0 Å². The van der Waals surface area contributed by atoms with Crippen LogP contribution in [-0.4, -0.2) is 41.0 Å². The molecule has 0 spiro atoms. The van der Waals surface area contributed by atoms with E-state index in [0.717, 1.165) is 25.2 Å². The van der Waals surface area contributed by atoms with Crippen LogP contribution in [0.5, 0.6) is 0 Å². The van der Waals surface area contributed by atoms with Gasteiger partial charge in [0, 0.05) is 43.8 Å². The van der Waals surface area contributed by atoms with E-state index in [1.165, 1.54) is 12.2 Å². The lowest BCUT2D eigenvalue weighted by molar-refractivity contribution is -0.384. The molecule has 1 atom stereocenters. The molecule has 1 saturated heterocycles. The summed E-state index contributed by atoms with van der Waals surface area (Å²) in [5, 5.41) is 14.5. The van der Waals surface area contributed by atoms with Crippen molar-refractivity contribution in [1.82, 2.24) is 4.90 Å². The summed E-state index contributed by atoms with van der Waals surface area (Å²) < 4.78 is 0. The second-order valence-electron chi connectivity index (χ2n) is 4.99. The largest absolute Gasteiger partial charge is 0.383 e. The highest BCUT2D eigenvalue weighted by atomic mass is 32.2. The fourth-order valence-electron chi connectivity index (χ4n) is 2.47. The minimum Gasteiger partial charge on any atom is -0.383 e. The first-order valence-corrected chi connectivity index (χ1v) is 7.98. The summed E-state index contributed by atoms with van der Waals surface area (Å²) >= 11 is 2.05. The first-order valence-electron chi connectivity index (χ1n) is 6.93. The number of hydrogen-bond acceptors (Lipinski definition) is 5. The maximum atomic E-state index is 10.9. The Bertz CT molecular complexity index is 481. The molecule has 20 heavy (non-hydrogen) atoms. The molecular formula is C14H21N3O2S. The highest BCUT2D eigenvalue weighted by Gasteiger charge is 2.20. The van der Waals surface area contributed by atoms with Crippen molar-refractivity contribution in [3.8, 4) is 0 Å². The first-order chi connectivity index (χ1) is 9.63. The Morgan fingerprint density at radius 1 is 1.55 bits per heavy atom. The Balaban J connectivity index is 2.07. The van der Waals surface area contributed by atoms with Crippen molar-refractivity contribution < 1.29 is 4.92 Å². The van der Waals surface area contributed by atoms with Crippen molar-refractivity contribution >= 4 is 23.1 Å². The standard InChI is InChI=1S/C14H21N3O2S/c1-3-12-10-16(6-7-20-12)9-11-4-5-14(17(18)19)13(8-11)15-2/h4-5,8,12,15H,3,6-7,9-10H2,1-2H3. The molecule has 1 aliphatic rings. The molecule has 2 rings (SSSR count). The summed E-state index contributed by atoms with van der Waals surface area (Å²) in [6.07, 6.45) is 1.20. The van der Waals surface area contributed by atoms with E-state index in [-0.39, 0.29) is 10.6 Å². The molecule has 1 heterocycles. The molecule has 6 heteroatoms. The first kappa shape index (κ1) is 15.1. The average molecular weight is 295 g/mol. The van der Waals surface area contributed by atoms with Gasteiger partial charge in [-0.25, -0.2) is 0 Å².